The van der Waals surface area contributed by atoms with E-state index in [4.69, 9.17) is 4.74 Å². The quantitative estimate of drug-likeness (QED) is 0.541. The van der Waals surface area contributed by atoms with Gasteiger partial charge in [-0.2, -0.15) is 0 Å². The van der Waals surface area contributed by atoms with Crippen molar-refractivity contribution in [2.24, 2.45) is 0 Å². The largest absolute Gasteiger partial charge is 0.491 e. The summed E-state index contributed by atoms with van der Waals surface area (Å²) in [7, 11) is -2.30. The van der Waals surface area contributed by atoms with Gasteiger partial charge in [0.1, 0.15) is 12.4 Å². The van der Waals surface area contributed by atoms with E-state index in [0.29, 0.717) is 18.8 Å². The van der Waals surface area contributed by atoms with Crippen LogP contribution in [-0.4, -0.2) is 34.5 Å². The molecular weight excluding hydrogens is 412 g/mol. The summed E-state index contributed by atoms with van der Waals surface area (Å²) < 4.78 is 32.9. The number of benzene rings is 3. The number of rotatable bonds is 8. The number of carbonyl (C=O) groups excluding carboxylic acids is 1. The van der Waals surface area contributed by atoms with Gasteiger partial charge in [0.15, 0.2) is 0 Å². The number of para-hydroxylation sites is 1. The molecule has 0 saturated heterocycles. The molecule has 7 heteroatoms. The molecule has 0 fully saturated rings. The Kier molecular flexibility index (Phi) is 6.97. The van der Waals surface area contributed by atoms with E-state index in [0.717, 1.165) is 16.9 Å². The maximum absolute atomic E-state index is 13.0. The minimum Gasteiger partial charge on any atom is -0.491 e. The van der Waals surface area contributed by atoms with E-state index in [1.165, 1.54) is 23.5 Å². The van der Waals surface area contributed by atoms with E-state index < -0.39 is 10.0 Å². The van der Waals surface area contributed by atoms with E-state index >= 15 is 0 Å². The number of nitrogens with one attached hydrogen (secondary N) is 1. The van der Waals surface area contributed by atoms with Gasteiger partial charge < -0.3 is 10.1 Å². The smallest absolute Gasteiger partial charge is 0.264 e. The fourth-order valence-corrected chi connectivity index (χ4v) is 4.24. The van der Waals surface area contributed by atoms with Gasteiger partial charge in [-0.3, -0.25) is 9.10 Å². The number of aryl methyl sites for hydroxylation is 2. The zero-order valence-corrected chi connectivity index (χ0v) is 18.6. The highest BCUT2D eigenvalue weighted by atomic mass is 32.2. The predicted molar refractivity (Wildman–Crippen MR) is 122 cm³/mol. The Morgan fingerprint density at radius 1 is 0.968 bits per heavy atom. The molecule has 0 spiro atoms. The third-order valence-electron chi connectivity index (χ3n) is 4.89. The number of carbonyl (C=O) groups is 1. The molecule has 0 aliphatic heterocycles. The van der Waals surface area contributed by atoms with Crippen LogP contribution in [0.25, 0.3) is 0 Å². The Hall–Kier alpha value is -3.32. The van der Waals surface area contributed by atoms with Crippen molar-refractivity contribution in [1.29, 1.82) is 0 Å². The second-order valence-electron chi connectivity index (χ2n) is 7.21. The molecule has 0 aromatic heterocycles. The van der Waals surface area contributed by atoms with Crippen LogP contribution in [0.2, 0.25) is 0 Å². The SMILES string of the molecule is Cc1ccc(N(C)S(=O)(=O)c2cccc(C(=O)NCCOc3ccccc3C)c2)cc1. The van der Waals surface area contributed by atoms with Crippen LogP contribution in [0.15, 0.2) is 77.7 Å². The third kappa shape index (κ3) is 5.44. The van der Waals surface area contributed by atoms with Crippen LogP contribution in [0.4, 0.5) is 5.69 Å². The molecule has 0 atom stereocenters. The van der Waals surface area contributed by atoms with E-state index in [2.05, 4.69) is 5.32 Å². The molecule has 1 amide bonds. The van der Waals surface area contributed by atoms with Gasteiger partial charge in [-0.1, -0.05) is 42.0 Å². The molecule has 6 nitrogen and oxygen atoms in total. The first-order chi connectivity index (χ1) is 14.8. The van der Waals surface area contributed by atoms with Crippen LogP contribution in [0, 0.1) is 13.8 Å². The first kappa shape index (κ1) is 22.4. The monoisotopic (exact) mass is 438 g/mol. The van der Waals surface area contributed by atoms with Crippen LogP contribution in [0.1, 0.15) is 21.5 Å². The minimum absolute atomic E-state index is 0.0550. The number of nitrogens with zero attached hydrogens (tertiary/aromatic N) is 1. The molecule has 0 heterocycles. The fourth-order valence-electron chi connectivity index (χ4n) is 3.00. The molecule has 162 valence electrons. The van der Waals surface area contributed by atoms with Crippen LogP contribution in [0.3, 0.4) is 0 Å². The van der Waals surface area contributed by atoms with Crippen LogP contribution >= 0.6 is 0 Å². The van der Waals surface area contributed by atoms with Crippen molar-refractivity contribution >= 4 is 21.6 Å². The average molecular weight is 439 g/mol. The first-order valence-corrected chi connectivity index (χ1v) is 11.4. The molecule has 0 unspecified atom stereocenters. The van der Waals surface area contributed by atoms with Gasteiger partial charge in [-0.15, -0.1) is 0 Å². The lowest BCUT2D eigenvalue weighted by Gasteiger charge is -2.20. The highest BCUT2D eigenvalue weighted by Gasteiger charge is 2.22. The molecule has 0 bridgehead atoms. The summed E-state index contributed by atoms with van der Waals surface area (Å²) in [5, 5.41) is 2.76. The Morgan fingerprint density at radius 2 is 1.68 bits per heavy atom. The fraction of sp³-hybridized carbons (Fsp3) is 0.208. The third-order valence-corrected chi connectivity index (χ3v) is 6.67. The Labute approximate surface area is 183 Å². The highest BCUT2D eigenvalue weighted by Crippen LogP contribution is 2.23. The van der Waals surface area contributed by atoms with Crippen molar-refractivity contribution in [2.45, 2.75) is 18.7 Å². The number of hydrogen-bond donors (Lipinski definition) is 1. The van der Waals surface area contributed by atoms with Crippen molar-refractivity contribution in [2.75, 3.05) is 24.5 Å². The van der Waals surface area contributed by atoms with E-state index in [-0.39, 0.29) is 16.4 Å². The normalized spacial score (nSPS) is 11.1. The van der Waals surface area contributed by atoms with E-state index in [1.807, 2.05) is 50.2 Å². The maximum atomic E-state index is 13.0. The number of anilines is 1. The molecule has 1 N–H and O–H groups in total. The van der Waals surface area contributed by atoms with Gasteiger partial charge in [-0.05, 0) is 55.8 Å². The summed E-state index contributed by atoms with van der Waals surface area (Å²) in [6.45, 7) is 4.50. The predicted octanol–water partition coefficient (Wildman–Crippen LogP) is 3.94. The molecule has 0 saturated carbocycles. The Balaban J connectivity index is 1.65. The maximum Gasteiger partial charge on any atom is 0.264 e. The molecule has 3 rings (SSSR count). The number of hydrogen-bond acceptors (Lipinski definition) is 4. The average Bonchev–Trinajstić information content (AvgIpc) is 2.77. The number of sulfonamides is 1. The standard InChI is InChI=1S/C24H26N2O4S/c1-18-11-13-21(14-12-18)26(3)31(28,29)22-9-6-8-20(17-22)24(27)25-15-16-30-23-10-5-4-7-19(23)2/h4-14,17H,15-16H2,1-3H3,(H,25,27). The van der Waals surface area contributed by atoms with Gasteiger partial charge in [0.25, 0.3) is 15.9 Å². The van der Waals surface area contributed by atoms with Gasteiger partial charge in [0.05, 0.1) is 17.1 Å². The summed E-state index contributed by atoms with van der Waals surface area (Å²) in [5.74, 6) is 0.410. The van der Waals surface area contributed by atoms with Crippen molar-refractivity contribution in [1.82, 2.24) is 5.32 Å². The Morgan fingerprint density at radius 3 is 2.39 bits per heavy atom. The summed E-state index contributed by atoms with van der Waals surface area (Å²) in [4.78, 5) is 12.6. The van der Waals surface area contributed by atoms with Crippen LogP contribution < -0.4 is 14.4 Å². The summed E-state index contributed by atoms with van der Waals surface area (Å²) in [5.41, 5.74) is 2.88. The van der Waals surface area contributed by atoms with Gasteiger partial charge in [0, 0.05) is 12.6 Å². The van der Waals surface area contributed by atoms with Crippen molar-refractivity contribution in [3.05, 3.63) is 89.5 Å². The molecular formula is C24H26N2O4S. The number of ether oxygens (including phenoxy) is 1. The van der Waals surface area contributed by atoms with Crippen molar-refractivity contribution < 1.29 is 17.9 Å². The minimum atomic E-state index is -3.80. The summed E-state index contributed by atoms with van der Waals surface area (Å²) in [6.07, 6.45) is 0. The highest BCUT2D eigenvalue weighted by molar-refractivity contribution is 7.92. The molecule has 3 aromatic rings. The molecule has 0 aliphatic carbocycles. The molecule has 0 radical (unpaired) electrons. The zero-order valence-electron chi connectivity index (χ0n) is 17.8. The topological polar surface area (TPSA) is 75.7 Å². The zero-order chi connectivity index (χ0) is 22.4. The lowest BCUT2D eigenvalue weighted by atomic mass is 10.2. The van der Waals surface area contributed by atoms with Crippen LogP contribution in [0.5, 0.6) is 5.75 Å². The molecule has 3 aromatic carbocycles. The Bertz CT molecular complexity index is 1160. The number of amides is 1. The van der Waals surface area contributed by atoms with Gasteiger partial charge >= 0.3 is 0 Å². The second-order valence-corrected chi connectivity index (χ2v) is 9.18. The van der Waals surface area contributed by atoms with Crippen molar-refractivity contribution in [3.63, 3.8) is 0 Å². The summed E-state index contributed by atoms with van der Waals surface area (Å²) in [6, 6.07) is 20.9. The van der Waals surface area contributed by atoms with Gasteiger partial charge in [0.2, 0.25) is 0 Å². The molecule has 31 heavy (non-hydrogen) atoms. The van der Waals surface area contributed by atoms with Crippen molar-refractivity contribution in [3.8, 4) is 5.75 Å². The van der Waals surface area contributed by atoms with Gasteiger partial charge in [-0.25, -0.2) is 8.42 Å². The van der Waals surface area contributed by atoms with E-state index in [9.17, 15) is 13.2 Å². The first-order valence-electron chi connectivity index (χ1n) is 9.91. The summed E-state index contributed by atoms with van der Waals surface area (Å²) >= 11 is 0. The lowest BCUT2D eigenvalue weighted by Crippen LogP contribution is -2.29. The van der Waals surface area contributed by atoms with Crippen LogP contribution in [-0.2, 0) is 10.0 Å². The molecule has 0 aliphatic rings. The lowest BCUT2D eigenvalue weighted by molar-refractivity contribution is 0.0946. The second kappa shape index (κ2) is 9.66. The van der Waals surface area contributed by atoms with E-state index in [1.54, 1.807) is 24.3 Å².